The van der Waals surface area contributed by atoms with Gasteiger partial charge < -0.3 is 10.0 Å². The first-order valence-corrected chi connectivity index (χ1v) is 8.14. The predicted octanol–water partition coefficient (Wildman–Crippen LogP) is 3.06. The number of aliphatic carboxylic acids is 1. The van der Waals surface area contributed by atoms with E-state index in [1.165, 1.54) is 32.9 Å². The van der Waals surface area contributed by atoms with Crippen molar-refractivity contribution in [2.24, 2.45) is 0 Å². The number of fused-ring (bicyclic) bond motifs is 3. The van der Waals surface area contributed by atoms with Crippen molar-refractivity contribution in [1.29, 1.82) is 0 Å². The number of hydrogen-bond acceptors (Lipinski definition) is 3. The Balaban J connectivity index is 1.94. The van der Waals surface area contributed by atoms with Gasteiger partial charge in [-0.1, -0.05) is 24.3 Å². The first kappa shape index (κ1) is 14.8. The van der Waals surface area contributed by atoms with Gasteiger partial charge in [-0.15, -0.1) is 11.3 Å². The molecule has 2 aromatic rings. The summed E-state index contributed by atoms with van der Waals surface area (Å²) in [6.45, 7) is 1.93. The lowest BCUT2D eigenvalue weighted by atomic mass is 9.91. The average Bonchev–Trinajstić information content (AvgIpc) is 2.96. The van der Waals surface area contributed by atoms with Crippen LogP contribution in [0.3, 0.4) is 0 Å². The van der Waals surface area contributed by atoms with E-state index in [2.05, 4.69) is 12.1 Å². The van der Waals surface area contributed by atoms with E-state index < -0.39 is 5.97 Å². The second-order valence-electron chi connectivity index (χ2n) is 5.34. The fourth-order valence-electron chi connectivity index (χ4n) is 2.82. The highest BCUT2D eigenvalue weighted by Gasteiger charge is 2.24. The molecule has 1 aromatic carbocycles. The Morgan fingerprint density at radius 1 is 1.23 bits per heavy atom. The highest BCUT2D eigenvalue weighted by molar-refractivity contribution is 7.17. The van der Waals surface area contributed by atoms with Crippen LogP contribution < -0.4 is 0 Å². The van der Waals surface area contributed by atoms with Crippen LogP contribution in [-0.2, 0) is 17.6 Å². The van der Waals surface area contributed by atoms with Crippen molar-refractivity contribution in [3.8, 4) is 10.4 Å². The quantitative estimate of drug-likeness (QED) is 0.943. The SMILES string of the molecule is CCN(CC(=O)O)C(=O)c1cc2c(s1)-c1ccccc1CC2. The lowest BCUT2D eigenvalue weighted by molar-refractivity contribution is -0.137. The molecule has 0 bridgehead atoms. The maximum Gasteiger partial charge on any atom is 0.323 e. The summed E-state index contributed by atoms with van der Waals surface area (Å²) in [4.78, 5) is 26.5. The number of carboxylic acids is 1. The fourth-order valence-corrected chi connectivity index (χ4v) is 4.06. The van der Waals surface area contributed by atoms with Crippen LogP contribution in [0.4, 0.5) is 0 Å². The van der Waals surface area contributed by atoms with Gasteiger partial charge in [0.1, 0.15) is 6.54 Å². The number of rotatable bonds is 4. The molecular formula is C17H17NO3S. The fraction of sp³-hybridized carbons (Fsp3) is 0.294. The number of carbonyl (C=O) groups is 2. The Morgan fingerprint density at radius 2 is 1.95 bits per heavy atom. The van der Waals surface area contributed by atoms with Crippen molar-refractivity contribution in [3.63, 3.8) is 0 Å². The van der Waals surface area contributed by atoms with E-state index in [1.54, 1.807) is 6.92 Å². The van der Waals surface area contributed by atoms with Gasteiger partial charge in [0.2, 0.25) is 0 Å². The molecule has 1 aromatic heterocycles. The van der Waals surface area contributed by atoms with Gasteiger partial charge in [0.15, 0.2) is 0 Å². The van der Waals surface area contributed by atoms with Crippen LogP contribution in [-0.4, -0.2) is 35.0 Å². The van der Waals surface area contributed by atoms with Gasteiger partial charge in [0.25, 0.3) is 5.91 Å². The molecular weight excluding hydrogens is 298 g/mol. The zero-order valence-corrected chi connectivity index (χ0v) is 13.2. The summed E-state index contributed by atoms with van der Waals surface area (Å²) in [6.07, 6.45) is 1.92. The summed E-state index contributed by atoms with van der Waals surface area (Å²) in [5, 5.41) is 8.91. The predicted molar refractivity (Wildman–Crippen MR) is 86.4 cm³/mol. The largest absolute Gasteiger partial charge is 0.480 e. The minimum atomic E-state index is -0.984. The van der Waals surface area contributed by atoms with Gasteiger partial charge in [0, 0.05) is 11.4 Å². The van der Waals surface area contributed by atoms with Gasteiger partial charge in [-0.25, -0.2) is 0 Å². The van der Waals surface area contributed by atoms with E-state index in [0.29, 0.717) is 11.4 Å². The van der Waals surface area contributed by atoms with Crippen molar-refractivity contribution >= 4 is 23.2 Å². The number of hydrogen-bond donors (Lipinski definition) is 1. The summed E-state index contributed by atoms with van der Waals surface area (Å²) in [7, 11) is 0. The minimum absolute atomic E-state index is 0.193. The number of thiophene rings is 1. The molecule has 1 amide bonds. The summed E-state index contributed by atoms with van der Waals surface area (Å²) < 4.78 is 0. The third-order valence-corrected chi connectivity index (χ3v) is 5.14. The second kappa shape index (κ2) is 5.93. The van der Waals surface area contributed by atoms with Crippen molar-refractivity contribution in [3.05, 3.63) is 46.3 Å². The van der Waals surface area contributed by atoms with E-state index >= 15 is 0 Å². The summed E-state index contributed by atoms with van der Waals surface area (Å²) >= 11 is 1.47. The number of amides is 1. The highest BCUT2D eigenvalue weighted by atomic mass is 32.1. The smallest absolute Gasteiger partial charge is 0.323 e. The lowest BCUT2D eigenvalue weighted by Gasteiger charge is -2.17. The molecule has 1 aliphatic rings. The van der Waals surface area contributed by atoms with Gasteiger partial charge in [-0.2, -0.15) is 0 Å². The van der Waals surface area contributed by atoms with Gasteiger partial charge in [0.05, 0.1) is 4.88 Å². The second-order valence-corrected chi connectivity index (χ2v) is 6.39. The standard InChI is InChI=1S/C17H17NO3S/c1-2-18(10-15(19)20)17(21)14-9-12-8-7-11-5-3-4-6-13(11)16(12)22-14/h3-6,9H,2,7-8,10H2,1H3,(H,19,20). The molecule has 1 heterocycles. The molecule has 114 valence electrons. The molecule has 0 atom stereocenters. The Hall–Kier alpha value is -2.14. The monoisotopic (exact) mass is 315 g/mol. The highest BCUT2D eigenvalue weighted by Crippen LogP contribution is 2.39. The van der Waals surface area contributed by atoms with Crippen molar-refractivity contribution in [2.45, 2.75) is 19.8 Å². The summed E-state index contributed by atoms with van der Waals surface area (Å²) in [5.74, 6) is -1.18. The van der Waals surface area contributed by atoms with E-state index in [4.69, 9.17) is 5.11 Å². The van der Waals surface area contributed by atoms with Crippen LogP contribution in [0.2, 0.25) is 0 Å². The first-order chi connectivity index (χ1) is 10.6. The zero-order valence-electron chi connectivity index (χ0n) is 12.3. The topological polar surface area (TPSA) is 57.6 Å². The number of carbonyl (C=O) groups excluding carboxylic acids is 1. The van der Waals surface area contributed by atoms with E-state index in [9.17, 15) is 9.59 Å². The molecule has 1 N–H and O–H groups in total. The number of benzene rings is 1. The molecule has 0 saturated heterocycles. The van der Waals surface area contributed by atoms with Gasteiger partial charge in [-0.05, 0) is 42.5 Å². The normalized spacial score (nSPS) is 12.4. The summed E-state index contributed by atoms with van der Waals surface area (Å²) in [5.41, 5.74) is 3.71. The Kier molecular flexibility index (Phi) is 3.98. The van der Waals surface area contributed by atoms with Crippen LogP contribution in [0.5, 0.6) is 0 Å². The molecule has 5 heteroatoms. The minimum Gasteiger partial charge on any atom is -0.480 e. The third kappa shape index (κ3) is 2.64. The maximum atomic E-state index is 12.5. The van der Waals surface area contributed by atoms with E-state index in [0.717, 1.165) is 17.7 Å². The van der Waals surface area contributed by atoms with Crippen LogP contribution in [0.1, 0.15) is 27.7 Å². The van der Waals surface area contributed by atoms with E-state index in [-0.39, 0.29) is 12.5 Å². The van der Waals surface area contributed by atoms with Crippen LogP contribution >= 0.6 is 11.3 Å². The Bertz CT molecular complexity index is 735. The molecule has 0 saturated carbocycles. The first-order valence-electron chi connectivity index (χ1n) is 7.32. The van der Waals surface area contributed by atoms with E-state index in [1.807, 2.05) is 18.2 Å². The average molecular weight is 315 g/mol. The number of likely N-dealkylation sites (N-methyl/N-ethyl adjacent to an activating group) is 1. The van der Waals surface area contributed by atoms with Crippen LogP contribution in [0.15, 0.2) is 30.3 Å². The summed E-state index contributed by atoms with van der Waals surface area (Å²) in [6, 6.07) is 10.2. The Labute approximate surface area is 133 Å². The van der Waals surface area contributed by atoms with Crippen molar-refractivity contribution < 1.29 is 14.7 Å². The molecule has 0 aliphatic heterocycles. The molecule has 1 aliphatic carbocycles. The molecule has 0 unspecified atom stereocenters. The molecule has 0 fully saturated rings. The van der Waals surface area contributed by atoms with Crippen LogP contribution in [0.25, 0.3) is 10.4 Å². The Morgan fingerprint density at radius 3 is 2.68 bits per heavy atom. The number of nitrogens with zero attached hydrogens (tertiary/aromatic N) is 1. The van der Waals surface area contributed by atoms with Crippen LogP contribution in [0, 0.1) is 0 Å². The zero-order chi connectivity index (χ0) is 15.7. The third-order valence-electron chi connectivity index (χ3n) is 3.94. The molecule has 22 heavy (non-hydrogen) atoms. The van der Waals surface area contributed by atoms with Crippen molar-refractivity contribution in [1.82, 2.24) is 4.90 Å². The lowest BCUT2D eigenvalue weighted by Crippen LogP contribution is -2.34. The molecule has 0 spiro atoms. The molecule has 4 nitrogen and oxygen atoms in total. The van der Waals surface area contributed by atoms with Gasteiger partial charge >= 0.3 is 5.97 Å². The maximum absolute atomic E-state index is 12.5. The van der Waals surface area contributed by atoms with Crippen molar-refractivity contribution in [2.75, 3.05) is 13.1 Å². The molecule has 0 radical (unpaired) electrons. The number of aryl methyl sites for hydroxylation is 2. The molecule has 3 rings (SSSR count). The number of carboxylic acid groups (broad SMARTS) is 1. The van der Waals surface area contributed by atoms with Gasteiger partial charge in [-0.3, -0.25) is 9.59 Å².